The second-order valence-electron chi connectivity index (χ2n) is 5.02. The average molecular weight is 292 g/mol. The molecule has 2 aromatic rings. The van der Waals surface area contributed by atoms with E-state index in [0.29, 0.717) is 23.4 Å². The molecule has 20 heavy (non-hydrogen) atoms. The van der Waals surface area contributed by atoms with Gasteiger partial charge in [0.25, 0.3) is 5.91 Å². The third-order valence-electron chi connectivity index (χ3n) is 3.66. The highest BCUT2D eigenvalue weighted by Gasteiger charge is 2.23. The topological polar surface area (TPSA) is 75.3 Å². The van der Waals surface area contributed by atoms with Gasteiger partial charge in [-0.1, -0.05) is 13.8 Å². The first-order valence-electron chi connectivity index (χ1n) is 6.77. The fourth-order valence-corrected chi connectivity index (χ4v) is 2.97. The van der Waals surface area contributed by atoms with Crippen molar-refractivity contribution in [3.8, 4) is 0 Å². The number of fused-ring (bicyclic) bond motifs is 1. The van der Waals surface area contributed by atoms with Crippen molar-refractivity contribution in [2.24, 2.45) is 0 Å². The Kier molecular flexibility index (Phi) is 4.30. The summed E-state index contributed by atoms with van der Waals surface area (Å²) in [4.78, 5) is 12.8. The molecule has 0 atom stereocenters. The minimum Gasteiger partial charge on any atom is -0.399 e. The summed E-state index contributed by atoms with van der Waals surface area (Å²) in [7, 11) is 0. The second kappa shape index (κ2) is 5.81. The number of carbonyl (C=O) groups excluding carboxylic acids is 1. The van der Waals surface area contributed by atoms with Crippen LogP contribution in [-0.2, 0) is 0 Å². The minimum atomic E-state index is -0.823. The zero-order valence-electron chi connectivity index (χ0n) is 11.8. The maximum atomic E-state index is 12.1. The Hall–Kier alpha value is -1.59. The normalized spacial score (nSPS) is 11.8. The maximum absolute atomic E-state index is 12.1. The fourth-order valence-electron chi connectivity index (χ4n) is 2.01. The average Bonchev–Trinajstić information content (AvgIpc) is 2.87. The van der Waals surface area contributed by atoms with Crippen LogP contribution in [0.15, 0.2) is 24.3 Å². The lowest BCUT2D eigenvalue weighted by Crippen LogP contribution is -2.41. The molecule has 0 unspecified atom stereocenters. The molecule has 1 aromatic heterocycles. The van der Waals surface area contributed by atoms with E-state index in [-0.39, 0.29) is 12.5 Å². The van der Waals surface area contributed by atoms with Crippen LogP contribution in [0.5, 0.6) is 0 Å². The molecule has 0 bridgehead atoms. The number of hydrogen-bond acceptors (Lipinski definition) is 4. The van der Waals surface area contributed by atoms with E-state index >= 15 is 0 Å². The predicted molar refractivity (Wildman–Crippen MR) is 84.1 cm³/mol. The number of rotatable bonds is 5. The van der Waals surface area contributed by atoms with E-state index in [1.165, 1.54) is 11.3 Å². The van der Waals surface area contributed by atoms with Crippen LogP contribution in [0.4, 0.5) is 5.69 Å². The Morgan fingerprint density at radius 1 is 1.35 bits per heavy atom. The molecule has 0 aliphatic carbocycles. The van der Waals surface area contributed by atoms with Crippen molar-refractivity contribution in [3.05, 3.63) is 29.1 Å². The highest BCUT2D eigenvalue weighted by molar-refractivity contribution is 7.20. The molecular formula is C15H20N2O2S. The van der Waals surface area contributed by atoms with Crippen LogP contribution in [0.2, 0.25) is 0 Å². The number of aliphatic hydroxyl groups is 1. The van der Waals surface area contributed by atoms with Crippen molar-refractivity contribution in [3.63, 3.8) is 0 Å². The Morgan fingerprint density at radius 3 is 2.70 bits per heavy atom. The zero-order valence-corrected chi connectivity index (χ0v) is 12.6. The van der Waals surface area contributed by atoms with E-state index in [1.54, 1.807) is 0 Å². The van der Waals surface area contributed by atoms with Crippen LogP contribution >= 0.6 is 11.3 Å². The van der Waals surface area contributed by atoms with Crippen LogP contribution in [0.25, 0.3) is 10.1 Å². The number of anilines is 1. The van der Waals surface area contributed by atoms with Gasteiger partial charge in [-0.05, 0) is 42.5 Å². The van der Waals surface area contributed by atoms with Crippen LogP contribution in [0, 0.1) is 0 Å². The number of benzene rings is 1. The summed E-state index contributed by atoms with van der Waals surface area (Å²) in [5, 5.41) is 14.0. The molecule has 0 saturated heterocycles. The van der Waals surface area contributed by atoms with Gasteiger partial charge in [0.15, 0.2) is 0 Å². The molecule has 2 rings (SSSR count). The largest absolute Gasteiger partial charge is 0.399 e. The summed E-state index contributed by atoms with van der Waals surface area (Å²) < 4.78 is 1.03. The van der Waals surface area contributed by atoms with Gasteiger partial charge in [-0.25, -0.2) is 0 Å². The number of carbonyl (C=O) groups is 1. The lowest BCUT2D eigenvalue weighted by molar-refractivity contribution is 0.0314. The van der Waals surface area contributed by atoms with Gasteiger partial charge >= 0.3 is 0 Å². The van der Waals surface area contributed by atoms with Gasteiger partial charge in [0, 0.05) is 16.9 Å². The van der Waals surface area contributed by atoms with Crippen LogP contribution in [0.3, 0.4) is 0 Å². The van der Waals surface area contributed by atoms with Gasteiger partial charge in [-0.3, -0.25) is 4.79 Å². The van der Waals surface area contributed by atoms with E-state index in [2.05, 4.69) is 5.32 Å². The molecule has 0 fully saturated rings. The number of hydrogen-bond donors (Lipinski definition) is 3. The van der Waals surface area contributed by atoms with Crippen molar-refractivity contribution in [2.75, 3.05) is 12.3 Å². The minimum absolute atomic E-state index is 0.148. The van der Waals surface area contributed by atoms with E-state index in [1.807, 2.05) is 38.1 Å². The standard InChI is InChI=1S/C15H20N2O2S/c1-3-15(19,4-2)9-17-14(18)13-8-10-7-11(16)5-6-12(10)20-13/h5-8,19H,3-4,9,16H2,1-2H3,(H,17,18). The predicted octanol–water partition coefficient (Wildman–Crippen LogP) is 2.76. The van der Waals surface area contributed by atoms with Gasteiger partial charge in [0.1, 0.15) is 0 Å². The summed E-state index contributed by atoms with van der Waals surface area (Å²) in [6.45, 7) is 4.10. The first-order valence-corrected chi connectivity index (χ1v) is 7.58. The van der Waals surface area contributed by atoms with Crippen molar-refractivity contribution in [1.29, 1.82) is 0 Å². The van der Waals surface area contributed by atoms with E-state index < -0.39 is 5.60 Å². The van der Waals surface area contributed by atoms with Gasteiger partial charge in [-0.2, -0.15) is 0 Å². The van der Waals surface area contributed by atoms with Crippen LogP contribution < -0.4 is 11.1 Å². The molecule has 0 saturated carbocycles. The molecule has 0 aliphatic heterocycles. The van der Waals surface area contributed by atoms with Crippen LogP contribution in [0.1, 0.15) is 36.4 Å². The smallest absolute Gasteiger partial charge is 0.261 e. The van der Waals surface area contributed by atoms with E-state index in [0.717, 1.165) is 10.1 Å². The lowest BCUT2D eigenvalue weighted by atomic mass is 9.98. The number of thiophene rings is 1. The van der Waals surface area contributed by atoms with E-state index in [9.17, 15) is 9.90 Å². The summed E-state index contributed by atoms with van der Waals surface area (Å²) in [6, 6.07) is 7.44. The van der Waals surface area contributed by atoms with E-state index in [4.69, 9.17) is 5.73 Å². The van der Waals surface area contributed by atoms with Crippen molar-refractivity contribution in [1.82, 2.24) is 5.32 Å². The molecule has 4 N–H and O–H groups in total. The fraction of sp³-hybridized carbons (Fsp3) is 0.400. The molecule has 1 aromatic carbocycles. The molecule has 0 aliphatic rings. The molecule has 0 radical (unpaired) electrons. The number of amides is 1. The Morgan fingerprint density at radius 2 is 2.05 bits per heavy atom. The lowest BCUT2D eigenvalue weighted by Gasteiger charge is -2.25. The Balaban J connectivity index is 2.11. The highest BCUT2D eigenvalue weighted by atomic mass is 32.1. The first-order chi connectivity index (χ1) is 9.47. The molecule has 1 heterocycles. The molecule has 1 amide bonds. The molecule has 0 spiro atoms. The molecule has 5 heteroatoms. The number of nitrogens with two attached hydrogens (primary N) is 1. The Labute approximate surface area is 122 Å². The van der Waals surface area contributed by atoms with Crippen LogP contribution in [-0.4, -0.2) is 23.2 Å². The Bertz CT molecular complexity index is 617. The summed E-state index contributed by atoms with van der Waals surface area (Å²) in [5.74, 6) is -0.148. The third kappa shape index (κ3) is 3.11. The molecule has 4 nitrogen and oxygen atoms in total. The first kappa shape index (κ1) is 14.8. The highest BCUT2D eigenvalue weighted by Crippen LogP contribution is 2.27. The van der Waals surface area contributed by atoms with Gasteiger partial charge < -0.3 is 16.2 Å². The van der Waals surface area contributed by atoms with Gasteiger partial charge in [0.05, 0.1) is 10.5 Å². The van der Waals surface area contributed by atoms with Gasteiger partial charge in [0.2, 0.25) is 0 Å². The third-order valence-corrected chi connectivity index (χ3v) is 4.77. The molecular weight excluding hydrogens is 272 g/mol. The quantitative estimate of drug-likeness (QED) is 0.742. The monoisotopic (exact) mass is 292 g/mol. The zero-order chi connectivity index (χ0) is 14.8. The summed E-state index contributed by atoms with van der Waals surface area (Å²) in [6.07, 6.45) is 1.24. The maximum Gasteiger partial charge on any atom is 0.261 e. The summed E-state index contributed by atoms with van der Waals surface area (Å²) in [5.41, 5.74) is 5.60. The number of nitrogen functional groups attached to an aromatic ring is 1. The molecule has 108 valence electrons. The van der Waals surface area contributed by atoms with Crippen molar-refractivity contribution in [2.45, 2.75) is 32.3 Å². The summed E-state index contributed by atoms with van der Waals surface area (Å²) >= 11 is 1.43. The van der Waals surface area contributed by atoms with Crippen molar-refractivity contribution < 1.29 is 9.90 Å². The van der Waals surface area contributed by atoms with Crippen molar-refractivity contribution >= 4 is 33.0 Å². The second-order valence-corrected chi connectivity index (χ2v) is 6.11. The van der Waals surface area contributed by atoms with Gasteiger partial charge in [-0.15, -0.1) is 11.3 Å². The SMILES string of the molecule is CCC(O)(CC)CNC(=O)c1cc2cc(N)ccc2s1. The number of nitrogens with one attached hydrogen (secondary N) is 1.